The van der Waals surface area contributed by atoms with Crippen LogP contribution >= 0.6 is 0 Å². The number of carbonyl (C=O) groups excluding carboxylic acids is 2. The second-order valence-corrected chi connectivity index (χ2v) is 10.1. The lowest BCUT2D eigenvalue weighted by molar-refractivity contribution is -0.123. The number of amides is 2. The van der Waals surface area contributed by atoms with Crippen LogP contribution in [0.2, 0.25) is 0 Å². The molecule has 1 atom stereocenters. The number of hydrogen-bond acceptors (Lipinski definition) is 4. The number of fused-ring (bicyclic) bond motifs is 2. The number of carbonyl (C=O) groups is 2. The van der Waals surface area contributed by atoms with E-state index in [1.54, 1.807) is 24.3 Å². The Morgan fingerprint density at radius 2 is 1.69 bits per heavy atom. The maximum Gasteiger partial charge on any atom is 0.274 e. The van der Waals surface area contributed by atoms with Crippen LogP contribution in [0.3, 0.4) is 0 Å². The van der Waals surface area contributed by atoms with E-state index in [9.17, 15) is 22.4 Å². The number of benzene rings is 3. The number of para-hydroxylation sites is 1. The molecule has 1 spiro atoms. The lowest BCUT2D eigenvalue weighted by Gasteiger charge is -2.32. The summed E-state index contributed by atoms with van der Waals surface area (Å²) in [5.74, 6) is -2.77. The molecular weight excluding hydrogens is 431 g/mol. The molecule has 8 heteroatoms. The van der Waals surface area contributed by atoms with Crippen LogP contribution in [0, 0.1) is 12.7 Å². The quantitative estimate of drug-likeness (QED) is 0.614. The van der Waals surface area contributed by atoms with Gasteiger partial charge >= 0.3 is 0 Å². The van der Waals surface area contributed by atoms with Crippen LogP contribution in [0.1, 0.15) is 16.7 Å². The van der Waals surface area contributed by atoms with Crippen molar-refractivity contribution in [3.63, 3.8) is 0 Å². The van der Waals surface area contributed by atoms with E-state index in [1.165, 1.54) is 17.0 Å². The molecule has 0 aromatic heterocycles. The van der Waals surface area contributed by atoms with E-state index in [1.807, 2.05) is 31.2 Å². The second-order valence-electron chi connectivity index (χ2n) is 8.01. The van der Waals surface area contributed by atoms with Gasteiger partial charge in [0.15, 0.2) is 9.84 Å². The molecule has 0 N–H and O–H groups in total. The number of aryl methyl sites for hydroxylation is 1. The predicted molar refractivity (Wildman–Crippen MR) is 118 cm³/mol. The molecule has 0 saturated carbocycles. The van der Waals surface area contributed by atoms with E-state index in [-0.39, 0.29) is 17.8 Å². The SMILES string of the molecule is Cc1cccc(CN2C(=O)C3(c4ccccc42)N(c2ccc(F)cc2)C(=O)CS3(=O)=O)c1. The molecule has 0 aliphatic carbocycles. The number of anilines is 2. The van der Waals surface area contributed by atoms with Gasteiger partial charge in [0.2, 0.25) is 5.91 Å². The minimum atomic E-state index is -4.25. The third kappa shape index (κ3) is 2.72. The van der Waals surface area contributed by atoms with Crippen molar-refractivity contribution in [2.75, 3.05) is 15.6 Å². The van der Waals surface area contributed by atoms with Gasteiger partial charge in [-0.1, -0.05) is 48.0 Å². The summed E-state index contributed by atoms with van der Waals surface area (Å²) >= 11 is 0. The molecule has 2 amide bonds. The Labute approximate surface area is 184 Å². The highest BCUT2D eigenvalue weighted by Crippen LogP contribution is 2.52. The first-order chi connectivity index (χ1) is 15.3. The van der Waals surface area contributed by atoms with Crippen LogP contribution < -0.4 is 9.80 Å². The minimum absolute atomic E-state index is 0.151. The molecule has 1 saturated heterocycles. The zero-order valence-electron chi connectivity index (χ0n) is 17.2. The fourth-order valence-electron chi connectivity index (χ4n) is 4.63. The van der Waals surface area contributed by atoms with Gasteiger partial charge in [0, 0.05) is 11.3 Å². The Morgan fingerprint density at radius 3 is 2.41 bits per heavy atom. The Bertz CT molecular complexity index is 1370. The number of nitrogens with zero attached hydrogens (tertiary/aromatic N) is 2. The standard InChI is InChI=1S/C24H19FN2O4S/c1-16-5-4-6-17(13-16)14-26-21-8-3-2-7-20(21)24(23(26)29)27(22(28)15-32(24,30)31)19-11-9-18(25)10-12-19/h2-13H,14-15H2,1H3. The van der Waals surface area contributed by atoms with Crippen molar-refractivity contribution in [2.24, 2.45) is 0 Å². The predicted octanol–water partition coefficient (Wildman–Crippen LogP) is 3.30. The van der Waals surface area contributed by atoms with Crippen molar-refractivity contribution in [3.05, 3.63) is 95.3 Å². The summed E-state index contributed by atoms with van der Waals surface area (Å²) in [5.41, 5.74) is 2.66. The molecule has 0 bridgehead atoms. The van der Waals surface area contributed by atoms with Crippen molar-refractivity contribution in [2.45, 2.75) is 18.3 Å². The normalized spacial score (nSPS) is 21.4. The van der Waals surface area contributed by atoms with Gasteiger partial charge < -0.3 is 4.90 Å². The zero-order chi connectivity index (χ0) is 22.7. The van der Waals surface area contributed by atoms with E-state index in [0.717, 1.165) is 28.2 Å². The number of hydrogen-bond donors (Lipinski definition) is 0. The van der Waals surface area contributed by atoms with Crippen LogP contribution in [0.15, 0.2) is 72.8 Å². The van der Waals surface area contributed by atoms with Crippen LogP contribution in [-0.2, 0) is 30.8 Å². The molecular formula is C24H19FN2O4S. The van der Waals surface area contributed by atoms with Gasteiger partial charge in [-0.3, -0.25) is 14.5 Å². The van der Waals surface area contributed by atoms with Gasteiger partial charge in [-0.25, -0.2) is 12.8 Å². The van der Waals surface area contributed by atoms with E-state index in [2.05, 4.69) is 0 Å². The summed E-state index contributed by atoms with van der Waals surface area (Å²) in [6.07, 6.45) is 0. The van der Waals surface area contributed by atoms with Crippen LogP contribution in [-0.4, -0.2) is 26.0 Å². The Morgan fingerprint density at radius 1 is 0.969 bits per heavy atom. The minimum Gasteiger partial charge on any atom is -0.304 e. The number of halogens is 1. The Balaban J connectivity index is 1.73. The van der Waals surface area contributed by atoms with Crippen molar-refractivity contribution in [1.82, 2.24) is 0 Å². The number of rotatable bonds is 3. The molecule has 32 heavy (non-hydrogen) atoms. The smallest absolute Gasteiger partial charge is 0.274 e. The fraction of sp³-hybridized carbons (Fsp3) is 0.167. The van der Waals surface area contributed by atoms with E-state index in [4.69, 9.17) is 0 Å². The zero-order valence-corrected chi connectivity index (χ0v) is 18.0. The summed E-state index contributed by atoms with van der Waals surface area (Å²) in [5, 5.41) is 0. The first kappa shape index (κ1) is 20.4. The Kier molecular flexibility index (Phi) is 4.46. The highest BCUT2D eigenvalue weighted by molar-refractivity contribution is 7.94. The maximum absolute atomic E-state index is 14.0. The third-order valence-corrected chi connectivity index (χ3v) is 8.04. The molecule has 0 radical (unpaired) electrons. The van der Waals surface area contributed by atoms with Gasteiger partial charge in [0.05, 0.1) is 12.2 Å². The summed E-state index contributed by atoms with van der Waals surface area (Å²) < 4.78 is 40.5. The highest BCUT2D eigenvalue weighted by atomic mass is 32.2. The molecule has 1 fully saturated rings. The van der Waals surface area contributed by atoms with E-state index >= 15 is 0 Å². The summed E-state index contributed by atoms with van der Waals surface area (Å²) in [4.78, 5) is 27.2. The monoisotopic (exact) mass is 450 g/mol. The fourth-order valence-corrected chi connectivity index (χ4v) is 6.66. The van der Waals surface area contributed by atoms with Gasteiger partial charge in [-0.15, -0.1) is 0 Å². The average molecular weight is 450 g/mol. The largest absolute Gasteiger partial charge is 0.304 e. The molecule has 2 heterocycles. The van der Waals surface area contributed by atoms with Gasteiger partial charge in [-0.2, -0.15) is 0 Å². The summed E-state index contributed by atoms with van der Waals surface area (Å²) in [6.45, 7) is 2.08. The molecule has 3 aromatic carbocycles. The molecule has 2 aliphatic rings. The lowest BCUT2D eigenvalue weighted by atomic mass is 10.0. The van der Waals surface area contributed by atoms with E-state index in [0.29, 0.717) is 5.69 Å². The highest BCUT2D eigenvalue weighted by Gasteiger charge is 2.69. The first-order valence-electron chi connectivity index (χ1n) is 10.0. The number of sulfone groups is 1. The summed E-state index contributed by atoms with van der Waals surface area (Å²) in [7, 11) is -4.25. The molecule has 2 aliphatic heterocycles. The van der Waals surface area contributed by atoms with Crippen LogP contribution in [0.5, 0.6) is 0 Å². The first-order valence-corrected chi connectivity index (χ1v) is 11.7. The molecule has 5 rings (SSSR count). The van der Waals surface area contributed by atoms with Crippen LogP contribution in [0.4, 0.5) is 15.8 Å². The summed E-state index contributed by atoms with van der Waals surface area (Å²) in [6, 6.07) is 19.1. The van der Waals surface area contributed by atoms with Crippen molar-refractivity contribution >= 4 is 33.0 Å². The topological polar surface area (TPSA) is 74.8 Å². The lowest BCUT2D eigenvalue weighted by Crippen LogP contribution is -2.54. The maximum atomic E-state index is 14.0. The van der Waals surface area contributed by atoms with Gasteiger partial charge in [0.25, 0.3) is 10.8 Å². The van der Waals surface area contributed by atoms with Crippen LogP contribution in [0.25, 0.3) is 0 Å². The van der Waals surface area contributed by atoms with Crippen molar-refractivity contribution < 1.29 is 22.4 Å². The molecule has 1 unspecified atom stereocenters. The molecule has 6 nitrogen and oxygen atoms in total. The molecule has 162 valence electrons. The average Bonchev–Trinajstić information content (AvgIpc) is 3.12. The van der Waals surface area contributed by atoms with E-state index < -0.39 is 38.1 Å². The van der Waals surface area contributed by atoms with Crippen molar-refractivity contribution in [3.8, 4) is 0 Å². The molecule has 3 aromatic rings. The second kappa shape index (κ2) is 7.00. The van der Waals surface area contributed by atoms with Gasteiger partial charge in [-0.05, 0) is 42.8 Å². The van der Waals surface area contributed by atoms with Crippen molar-refractivity contribution in [1.29, 1.82) is 0 Å². The van der Waals surface area contributed by atoms with Gasteiger partial charge in [0.1, 0.15) is 11.6 Å². The Hall–Kier alpha value is -3.52. The third-order valence-electron chi connectivity index (χ3n) is 5.93.